The van der Waals surface area contributed by atoms with Gasteiger partial charge in [0.05, 0.1) is 7.14 Å². The van der Waals surface area contributed by atoms with Crippen LogP contribution in [0.4, 0.5) is 10.5 Å². The number of rotatable bonds is 7. The van der Waals surface area contributed by atoms with E-state index in [4.69, 9.17) is 4.74 Å². The fourth-order valence-electron chi connectivity index (χ4n) is 3.39. The van der Waals surface area contributed by atoms with Crippen LogP contribution in [0.5, 0.6) is 5.75 Å². The van der Waals surface area contributed by atoms with Gasteiger partial charge in [0.25, 0.3) is 5.91 Å². The standard InChI is InChI=1S/C26H21I2N3O4/c1-16-7-9-19(10-8-16)29-23(32)14-31-25(33)22(30-26(31)34)13-18-11-20(27)24(21(28)12-18)35-15-17-5-3-2-4-6-17/h2-13H,14-15H2,1H3,(H,29,32)(H,30,34)/b22-13+. The molecule has 3 aromatic carbocycles. The molecule has 0 aliphatic carbocycles. The lowest BCUT2D eigenvalue weighted by Crippen LogP contribution is -2.38. The number of amides is 4. The Hall–Kier alpha value is -2.93. The van der Waals surface area contributed by atoms with Crippen LogP contribution in [0, 0.1) is 14.1 Å². The van der Waals surface area contributed by atoms with E-state index in [1.54, 1.807) is 18.2 Å². The second-order valence-corrected chi connectivity index (χ2v) is 10.2. The minimum absolute atomic E-state index is 0.114. The summed E-state index contributed by atoms with van der Waals surface area (Å²) in [5, 5.41) is 5.26. The van der Waals surface area contributed by atoms with Gasteiger partial charge in [-0.05, 0) is 93.6 Å². The number of nitrogens with one attached hydrogen (secondary N) is 2. The molecule has 0 atom stereocenters. The topological polar surface area (TPSA) is 87.7 Å². The number of nitrogens with zero attached hydrogens (tertiary/aromatic N) is 1. The van der Waals surface area contributed by atoms with E-state index in [1.807, 2.05) is 61.5 Å². The number of anilines is 1. The Morgan fingerprint density at radius 2 is 1.69 bits per heavy atom. The Balaban J connectivity index is 1.43. The van der Waals surface area contributed by atoms with Gasteiger partial charge in [-0.2, -0.15) is 0 Å². The van der Waals surface area contributed by atoms with Crippen molar-refractivity contribution in [3.63, 3.8) is 0 Å². The number of hydrogen-bond donors (Lipinski definition) is 2. The highest BCUT2D eigenvalue weighted by Gasteiger charge is 2.35. The van der Waals surface area contributed by atoms with Gasteiger partial charge in [0.2, 0.25) is 5.91 Å². The predicted octanol–water partition coefficient (Wildman–Crippen LogP) is 5.31. The molecule has 4 amide bonds. The fourth-order valence-corrected chi connectivity index (χ4v) is 5.52. The Bertz CT molecular complexity index is 1280. The number of halogens is 2. The second kappa shape index (κ2) is 11.2. The van der Waals surface area contributed by atoms with Crippen molar-refractivity contribution in [2.75, 3.05) is 11.9 Å². The lowest BCUT2D eigenvalue weighted by Gasteiger charge is -2.12. The number of imide groups is 1. The van der Waals surface area contributed by atoms with Crippen LogP contribution in [-0.4, -0.2) is 29.3 Å². The van der Waals surface area contributed by atoms with Crippen molar-refractivity contribution in [3.05, 3.63) is 96.3 Å². The Morgan fingerprint density at radius 1 is 1.03 bits per heavy atom. The summed E-state index contributed by atoms with van der Waals surface area (Å²) in [6.45, 7) is 2.01. The first-order chi connectivity index (χ1) is 16.8. The summed E-state index contributed by atoms with van der Waals surface area (Å²) in [6.07, 6.45) is 1.60. The van der Waals surface area contributed by atoms with Crippen molar-refractivity contribution in [3.8, 4) is 5.75 Å². The molecule has 0 aromatic heterocycles. The second-order valence-electron chi connectivity index (χ2n) is 7.88. The van der Waals surface area contributed by atoms with Crippen LogP contribution in [0.3, 0.4) is 0 Å². The van der Waals surface area contributed by atoms with Gasteiger partial charge in [-0.3, -0.25) is 9.59 Å². The van der Waals surface area contributed by atoms with Gasteiger partial charge in [0.15, 0.2) is 0 Å². The molecule has 0 saturated carbocycles. The minimum Gasteiger partial charge on any atom is -0.487 e. The maximum Gasteiger partial charge on any atom is 0.329 e. The fraction of sp³-hybridized carbons (Fsp3) is 0.115. The summed E-state index contributed by atoms with van der Waals surface area (Å²) in [4.78, 5) is 38.5. The number of carbonyl (C=O) groups is 3. The monoisotopic (exact) mass is 693 g/mol. The van der Waals surface area contributed by atoms with Gasteiger partial charge in [0.1, 0.15) is 24.6 Å². The van der Waals surface area contributed by atoms with E-state index in [2.05, 4.69) is 55.8 Å². The molecule has 1 fully saturated rings. The molecule has 35 heavy (non-hydrogen) atoms. The quantitative estimate of drug-likeness (QED) is 0.200. The van der Waals surface area contributed by atoms with Crippen molar-refractivity contribution >= 4 is 74.8 Å². The molecule has 1 aliphatic rings. The number of ether oxygens (including phenoxy) is 1. The van der Waals surface area contributed by atoms with Crippen molar-refractivity contribution in [2.24, 2.45) is 0 Å². The van der Waals surface area contributed by atoms with Crippen LogP contribution in [0.25, 0.3) is 6.08 Å². The van der Waals surface area contributed by atoms with E-state index >= 15 is 0 Å². The van der Waals surface area contributed by atoms with Crippen LogP contribution in [-0.2, 0) is 16.2 Å². The molecule has 1 aliphatic heterocycles. The molecule has 3 aromatic rings. The summed E-state index contributed by atoms with van der Waals surface area (Å²) in [5.41, 5.74) is 3.58. The Labute approximate surface area is 230 Å². The van der Waals surface area contributed by atoms with Gasteiger partial charge < -0.3 is 15.4 Å². The van der Waals surface area contributed by atoms with Crippen LogP contribution in [0.2, 0.25) is 0 Å². The molecule has 0 unspecified atom stereocenters. The third-order valence-corrected chi connectivity index (χ3v) is 6.76. The first-order valence-corrected chi connectivity index (χ1v) is 12.8. The summed E-state index contributed by atoms with van der Waals surface area (Å²) < 4.78 is 7.76. The molecule has 1 heterocycles. The van der Waals surface area contributed by atoms with Gasteiger partial charge in [-0.15, -0.1) is 0 Å². The third kappa shape index (κ3) is 6.40. The molecule has 178 valence electrons. The first kappa shape index (κ1) is 25.2. The van der Waals surface area contributed by atoms with E-state index < -0.39 is 17.8 Å². The Morgan fingerprint density at radius 3 is 2.34 bits per heavy atom. The smallest absolute Gasteiger partial charge is 0.329 e. The van der Waals surface area contributed by atoms with Crippen molar-refractivity contribution in [2.45, 2.75) is 13.5 Å². The van der Waals surface area contributed by atoms with Crippen LogP contribution in [0.15, 0.2) is 72.4 Å². The van der Waals surface area contributed by atoms with Crippen molar-refractivity contribution in [1.29, 1.82) is 0 Å². The zero-order valence-electron chi connectivity index (χ0n) is 18.7. The maximum atomic E-state index is 12.8. The molecule has 0 bridgehead atoms. The highest BCUT2D eigenvalue weighted by Crippen LogP contribution is 2.31. The average Bonchev–Trinajstić information content (AvgIpc) is 3.08. The summed E-state index contributed by atoms with van der Waals surface area (Å²) in [5.74, 6) is -0.250. The van der Waals surface area contributed by atoms with Gasteiger partial charge >= 0.3 is 6.03 Å². The molecular weight excluding hydrogens is 672 g/mol. The lowest BCUT2D eigenvalue weighted by atomic mass is 10.2. The third-order valence-electron chi connectivity index (χ3n) is 5.16. The van der Waals surface area contributed by atoms with E-state index in [9.17, 15) is 14.4 Å². The number of aryl methyl sites for hydroxylation is 1. The molecule has 7 nitrogen and oxygen atoms in total. The number of hydrogen-bond acceptors (Lipinski definition) is 4. The molecule has 4 rings (SSSR count). The lowest BCUT2D eigenvalue weighted by molar-refractivity contribution is -0.127. The van der Waals surface area contributed by atoms with E-state index in [-0.39, 0.29) is 12.2 Å². The molecule has 2 N–H and O–H groups in total. The zero-order chi connectivity index (χ0) is 24.9. The van der Waals surface area contributed by atoms with Crippen molar-refractivity contribution in [1.82, 2.24) is 10.2 Å². The number of benzene rings is 3. The summed E-state index contributed by atoms with van der Waals surface area (Å²) in [6, 6.07) is 20.3. The van der Waals surface area contributed by atoms with Crippen molar-refractivity contribution < 1.29 is 19.1 Å². The number of urea groups is 1. The SMILES string of the molecule is Cc1ccc(NC(=O)CN2C(=O)N/C(=C/c3cc(I)c(OCc4ccccc4)c(I)c3)C2=O)cc1. The normalized spacial score (nSPS) is 14.3. The average molecular weight is 693 g/mol. The molecular formula is C26H21I2N3O4. The number of carbonyl (C=O) groups excluding carboxylic acids is 3. The molecule has 1 saturated heterocycles. The predicted molar refractivity (Wildman–Crippen MR) is 151 cm³/mol. The van der Waals surface area contributed by atoms with Gasteiger partial charge in [-0.1, -0.05) is 48.0 Å². The summed E-state index contributed by atoms with van der Waals surface area (Å²) in [7, 11) is 0. The molecule has 0 radical (unpaired) electrons. The first-order valence-electron chi connectivity index (χ1n) is 10.7. The highest BCUT2D eigenvalue weighted by molar-refractivity contribution is 14.1. The van der Waals surface area contributed by atoms with Gasteiger partial charge in [-0.25, -0.2) is 9.69 Å². The van der Waals surface area contributed by atoms with Gasteiger partial charge in [0, 0.05) is 5.69 Å². The maximum absolute atomic E-state index is 12.8. The van der Waals surface area contributed by atoms with Crippen LogP contribution in [0.1, 0.15) is 16.7 Å². The van der Waals surface area contributed by atoms with E-state index in [1.165, 1.54) is 0 Å². The van der Waals surface area contributed by atoms with E-state index in [0.29, 0.717) is 12.3 Å². The van der Waals surface area contributed by atoms with E-state index in [0.717, 1.165) is 34.5 Å². The van der Waals surface area contributed by atoms with Crippen LogP contribution < -0.4 is 15.4 Å². The van der Waals surface area contributed by atoms with Crippen LogP contribution >= 0.6 is 45.2 Å². The largest absolute Gasteiger partial charge is 0.487 e. The summed E-state index contributed by atoms with van der Waals surface area (Å²) >= 11 is 4.38. The highest BCUT2D eigenvalue weighted by atomic mass is 127. The zero-order valence-corrected chi connectivity index (χ0v) is 23.0. The molecule has 9 heteroatoms. The minimum atomic E-state index is -0.632. The Kier molecular flexibility index (Phi) is 8.06. The molecule has 0 spiro atoms.